The van der Waals surface area contributed by atoms with Crippen molar-refractivity contribution in [2.24, 2.45) is 0 Å². The van der Waals surface area contributed by atoms with Gasteiger partial charge in [-0.25, -0.2) is 4.79 Å². The SMILES string of the molecule is CCCc1cc(CC)ccc1OC(=O)Oc1ccc(CC)cc1CCC. The zero-order valence-electron chi connectivity index (χ0n) is 16.4. The van der Waals surface area contributed by atoms with Crippen LogP contribution in [0.25, 0.3) is 0 Å². The van der Waals surface area contributed by atoms with Crippen molar-refractivity contribution in [1.29, 1.82) is 0 Å². The molecule has 0 amide bonds. The van der Waals surface area contributed by atoms with Gasteiger partial charge in [0.25, 0.3) is 0 Å². The Hall–Kier alpha value is -2.29. The second-order valence-corrected chi connectivity index (χ2v) is 6.55. The van der Waals surface area contributed by atoms with Gasteiger partial charge in [-0.1, -0.05) is 64.8 Å². The minimum absolute atomic E-state index is 0.594. The highest BCUT2D eigenvalue weighted by atomic mass is 16.7. The van der Waals surface area contributed by atoms with Crippen LogP contribution in [0.3, 0.4) is 0 Å². The Morgan fingerprint density at radius 2 is 1.15 bits per heavy atom. The first-order valence-corrected chi connectivity index (χ1v) is 9.74. The van der Waals surface area contributed by atoms with Crippen LogP contribution in [-0.2, 0) is 25.7 Å². The smallest absolute Gasteiger partial charge is 0.394 e. The largest absolute Gasteiger partial charge is 0.519 e. The lowest BCUT2D eigenvalue weighted by Crippen LogP contribution is -2.16. The van der Waals surface area contributed by atoms with Crippen molar-refractivity contribution in [2.45, 2.75) is 66.2 Å². The zero-order valence-corrected chi connectivity index (χ0v) is 16.4. The number of aryl methyl sites for hydroxylation is 4. The van der Waals surface area contributed by atoms with Gasteiger partial charge in [-0.3, -0.25) is 0 Å². The third-order valence-corrected chi connectivity index (χ3v) is 4.49. The molecule has 2 aromatic carbocycles. The summed E-state index contributed by atoms with van der Waals surface area (Å²) in [5, 5.41) is 0. The minimum atomic E-state index is -0.673. The lowest BCUT2D eigenvalue weighted by molar-refractivity contribution is 0.151. The van der Waals surface area contributed by atoms with Crippen molar-refractivity contribution in [2.75, 3.05) is 0 Å². The molecule has 0 aliphatic rings. The van der Waals surface area contributed by atoms with E-state index in [0.29, 0.717) is 11.5 Å². The summed E-state index contributed by atoms with van der Waals surface area (Å²) in [5.74, 6) is 1.19. The number of carbonyl (C=O) groups is 1. The summed E-state index contributed by atoms with van der Waals surface area (Å²) < 4.78 is 11.1. The van der Waals surface area contributed by atoms with Crippen LogP contribution in [0, 0.1) is 0 Å². The maximum absolute atomic E-state index is 12.4. The fourth-order valence-corrected chi connectivity index (χ4v) is 3.03. The van der Waals surface area contributed by atoms with E-state index >= 15 is 0 Å². The van der Waals surface area contributed by atoms with Crippen molar-refractivity contribution in [3.8, 4) is 11.5 Å². The molecule has 0 heterocycles. The molecule has 0 bridgehead atoms. The summed E-state index contributed by atoms with van der Waals surface area (Å²) in [5.41, 5.74) is 4.60. The van der Waals surface area contributed by atoms with Gasteiger partial charge in [0.05, 0.1) is 0 Å². The molecule has 0 aliphatic carbocycles. The molecule has 2 rings (SSSR count). The Kier molecular flexibility index (Phi) is 7.71. The molecule has 2 aromatic rings. The molecule has 3 heteroatoms. The Morgan fingerprint density at radius 1 is 0.731 bits per heavy atom. The molecule has 0 radical (unpaired) electrons. The van der Waals surface area contributed by atoms with Crippen LogP contribution in [-0.4, -0.2) is 6.16 Å². The molecule has 0 unspecified atom stereocenters. The molecule has 0 saturated carbocycles. The van der Waals surface area contributed by atoms with Gasteiger partial charge in [-0.05, 0) is 60.1 Å². The second-order valence-electron chi connectivity index (χ2n) is 6.55. The van der Waals surface area contributed by atoms with Crippen LogP contribution in [0.4, 0.5) is 4.79 Å². The molecule has 140 valence electrons. The van der Waals surface area contributed by atoms with Gasteiger partial charge < -0.3 is 9.47 Å². The van der Waals surface area contributed by atoms with Crippen LogP contribution in [0.1, 0.15) is 62.8 Å². The third-order valence-electron chi connectivity index (χ3n) is 4.49. The van der Waals surface area contributed by atoms with Crippen LogP contribution < -0.4 is 9.47 Å². The molecule has 26 heavy (non-hydrogen) atoms. The average Bonchev–Trinajstić information content (AvgIpc) is 2.65. The third kappa shape index (κ3) is 5.35. The molecule has 3 nitrogen and oxygen atoms in total. The highest BCUT2D eigenvalue weighted by Gasteiger charge is 2.14. The van der Waals surface area contributed by atoms with Crippen molar-refractivity contribution in [3.05, 3.63) is 58.7 Å². The molecule has 0 fully saturated rings. The van der Waals surface area contributed by atoms with Gasteiger partial charge in [0, 0.05) is 0 Å². The van der Waals surface area contributed by atoms with Crippen LogP contribution in [0.15, 0.2) is 36.4 Å². The molecule has 0 aliphatic heterocycles. The van der Waals surface area contributed by atoms with Gasteiger partial charge in [-0.15, -0.1) is 0 Å². The normalized spacial score (nSPS) is 10.6. The highest BCUT2D eigenvalue weighted by Crippen LogP contribution is 2.25. The number of benzene rings is 2. The van der Waals surface area contributed by atoms with E-state index in [1.54, 1.807) is 0 Å². The number of ether oxygens (including phenoxy) is 2. The van der Waals surface area contributed by atoms with E-state index in [1.165, 1.54) is 11.1 Å². The van der Waals surface area contributed by atoms with Crippen LogP contribution in [0.2, 0.25) is 0 Å². The number of rotatable bonds is 8. The van der Waals surface area contributed by atoms with E-state index < -0.39 is 6.16 Å². The maximum atomic E-state index is 12.4. The van der Waals surface area contributed by atoms with Gasteiger partial charge in [0.2, 0.25) is 0 Å². The number of hydrogen-bond donors (Lipinski definition) is 0. The predicted molar refractivity (Wildman–Crippen MR) is 106 cm³/mol. The fourth-order valence-electron chi connectivity index (χ4n) is 3.03. The van der Waals surface area contributed by atoms with Crippen molar-refractivity contribution >= 4 is 6.16 Å². The molecule has 0 N–H and O–H groups in total. The topological polar surface area (TPSA) is 35.5 Å². The van der Waals surface area contributed by atoms with Crippen molar-refractivity contribution in [3.63, 3.8) is 0 Å². The second kappa shape index (κ2) is 10.0. The highest BCUT2D eigenvalue weighted by molar-refractivity contribution is 5.68. The number of hydrogen-bond acceptors (Lipinski definition) is 3. The Bertz CT molecular complexity index is 673. The molecule has 0 spiro atoms. The van der Waals surface area contributed by atoms with Gasteiger partial charge >= 0.3 is 6.16 Å². The first kappa shape index (κ1) is 20.0. The molecule has 0 atom stereocenters. The van der Waals surface area contributed by atoms with Crippen LogP contribution in [0.5, 0.6) is 11.5 Å². The van der Waals surface area contributed by atoms with Crippen molar-refractivity contribution < 1.29 is 14.3 Å². The summed E-state index contributed by atoms with van der Waals surface area (Å²) in [6.45, 7) is 8.48. The quantitative estimate of drug-likeness (QED) is 0.412. The molecular weight excluding hydrogens is 324 g/mol. The monoisotopic (exact) mass is 354 g/mol. The van der Waals surface area contributed by atoms with E-state index in [-0.39, 0.29) is 0 Å². The molecule has 0 saturated heterocycles. The van der Waals surface area contributed by atoms with Gasteiger partial charge in [-0.2, -0.15) is 0 Å². The van der Waals surface area contributed by atoms with E-state index in [1.807, 2.05) is 24.3 Å². The van der Waals surface area contributed by atoms with E-state index in [4.69, 9.17) is 9.47 Å². The summed E-state index contributed by atoms with van der Waals surface area (Å²) in [6, 6.07) is 12.0. The average molecular weight is 354 g/mol. The van der Waals surface area contributed by atoms with Crippen molar-refractivity contribution in [1.82, 2.24) is 0 Å². The first-order chi connectivity index (χ1) is 12.6. The Balaban J connectivity index is 2.16. The standard InChI is InChI=1S/C23H30O3/c1-5-9-19-15-17(7-3)11-13-21(19)25-23(24)26-22-14-12-18(8-4)16-20(22)10-6-2/h11-16H,5-10H2,1-4H3. The van der Waals surface area contributed by atoms with Crippen LogP contribution >= 0.6 is 0 Å². The van der Waals surface area contributed by atoms with Gasteiger partial charge in [0.15, 0.2) is 0 Å². The minimum Gasteiger partial charge on any atom is -0.394 e. The summed E-state index contributed by atoms with van der Waals surface area (Å²) in [4.78, 5) is 12.4. The lowest BCUT2D eigenvalue weighted by Gasteiger charge is -2.13. The first-order valence-electron chi connectivity index (χ1n) is 9.74. The van der Waals surface area contributed by atoms with E-state index in [0.717, 1.165) is 49.7 Å². The fraction of sp³-hybridized carbons (Fsp3) is 0.435. The summed E-state index contributed by atoms with van der Waals surface area (Å²) in [6.07, 6.45) is 5.01. The lowest BCUT2D eigenvalue weighted by atomic mass is 10.0. The molecule has 0 aromatic heterocycles. The Labute approximate surface area is 157 Å². The Morgan fingerprint density at radius 3 is 1.50 bits per heavy atom. The summed E-state index contributed by atoms with van der Waals surface area (Å²) in [7, 11) is 0. The van der Waals surface area contributed by atoms with Gasteiger partial charge in [0.1, 0.15) is 11.5 Å². The predicted octanol–water partition coefficient (Wildman–Crippen LogP) is 6.29. The van der Waals surface area contributed by atoms with E-state index in [2.05, 4.69) is 39.8 Å². The number of carbonyl (C=O) groups excluding carboxylic acids is 1. The van der Waals surface area contributed by atoms with E-state index in [9.17, 15) is 4.79 Å². The molecular formula is C23H30O3. The maximum Gasteiger partial charge on any atom is 0.519 e. The summed E-state index contributed by atoms with van der Waals surface area (Å²) >= 11 is 0. The zero-order chi connectivity index (χ0) is 18.9.